The topological polar surface area (TPSA) is 33.1 Å². The van der Waals surface area contributed by atoms with Crippen LogP contribution in [0.15, 0.2) is 12.3 Å². The van der Waals surface area contributed by atoms with Crippen LogP contribution in [0.2, 0.25) is 0 Å². The summed E-state index contributed by atoms with van der Waals surface area (Å²) in [7, 11) is 2.04. The fourth-order valence-electron chi connectivity index (χ4n) is 2.96. The molecule has 0 saturated carbocycles. The average Bonchev–Trinajstić information content (AvgIpc) is 2.97. The Morgan fingerprint density at radius 1 is 1.53 bits per heavy atom. The van der Waals surface area contributed by atoms with Crippen LogP contribution in [0.3, 0.4) is 0 Å². The van der Waals surface area contributed by atoms with Crippen LogP contribution < -0.4 is 5.32 Å². The number of aromatic nitrogens is 2. The second-order valence-electron chi connectivity index (χ2n) is 6.35. The Hall–Kier alpha value is -0.870. The first kappa shape index (κ1) is 14.5. The quantitative estimate of drug-likeness (QED) is 0.856. The third-order valence-corrected chi connectivity index (χ3v) is 4.33. The van der Waals surface area contributed by atoms with Crippen LogP contribution in [-0.4, -0.2) is 41.4 Å². The molecule has 0 radical (unpaired) electrons. The van der Waals surface area contributed by atoms with Crippen LogP contribution in [0.25, 0.3) is 0 Å². The van der Waals surface area contributed by atoms with Gasteiger partial charge in [-0.1, -0.05) is 13.8 Å². The molecule has 1 aromatic heterocycles. The monoisotopic (exact) mass is 264 g/mol. The maximum absolute atomic E-state index is 4.70. The smallest absolute Gasteiger partial charge is 0.0764 e. The summed E-state index contributed by atoms with van der Waals surface area (Å²) < 4.78 is 2.10. The molecule has 1 aliphatic heterocycles. The number of nitrogens with one attached hydrogen (secondary N) is 1. The minimum atomic E-state index is 0.425. The number of hydrogen-bond acceptors (Lipinski definition) is 3. The molecule has 0 aromatic carbocycles. The predicted octanol–water partition coefficient (Wildman–Crippen LogP) is 2.29. The van der Waals surface area contributed by atoms with Gasteiger partial charge in [0.05, 0.1) is 5.69 Å². The molecule has 0 bridgehead atoms. The number of rotatable bonds is 6. The second kappa shape index (κ2) is 6.06. The number of hydrogen-bond donors (Lipinski definition) is 1. The van der Waals surface area contributed by atoms with E-state index < -0.39 is 0 Å². The van der Waals surface area contributed by atoms with Gasteiger partial charge in [0.15, 0.2) is 0 Å². The van der Waals surface area contributed by atoms with Gasteiger partial charge in [0.2, 0.25) is 0 Å². The molecular formula is C15H28N4. The lowest BCUT2D eigenvalue weighted by molar-refractivity contribution is 0.262. The molecule has 1 aliphatic rings. The van der Waals surface area contributed by atoms with E-state index in [0.717, 1.165) is 19.5 Å². The average molecular weight is 264 g/mol. The van der Waals surface area contributed by atoms with E-state index in [1.54, 1.807) is 0 Å². The normalized spacial score (nSPS) is 25.9. The van der Waals surface area contributed by atoms with Crippen LogP contribution in [0.5, 0.6) is 0 Å². The Labute approximate surface area is 117 Å². The second-order valence-corrected chi connectivity index (χ2v) is 6.35. The molecule has 2 heterocycles. The van der Waals surface area contributed by atoms with Gasteiger partial charge < -0.3 is 5.32 Å². The maximum Gasteiger partial charge on any atom is 0.0764 e. The molecule has 19 heavy (non-hydrogen) atoms. The van der Waals surface area contributed by atoms with E-state index in [9.17, 15) is 0 Å². The molecule has 1 saturated heterocycles. The van der Waals surface area contributed by atoms with E-state index in [2.05, 4.69) is 47.9 Å². The van der Waals surface area contributed by atoms with Crippen LogP contribution in [0.4, 0.5) is 0 Å². The molecule has 108 valence electrons. The third kappa shape index (κ3) is 3.57. The maximum atomic E-state index is 4.70. The van der Waals surface area contributed by atoms with Crippen LogP contribution in [0.1, 0.15) is 45.3 Å². The highest BCUT2D eigenvalue weighted by Crippen LogP contribution is 2.29. The van der Waals surface area contributed by atoms with E-state index in [0.29, 0.717) is 11.5 Å². The lowest BCUT2D eigenvalue weighted by Gasteiger charge is -2.24. The fraction of sp³-hybridized carbons (Fsp3) is 0.800. The Morgan fingerprint density at radius 3 is 3.00 bits per heavy atom. The lowest BCUT2D eigenvalue weighted by Crippen LogP contribution is -2.33. The van der Waals surface area contributed by atoms with Gasteiger partial charge in [-0.05, 0) is 44.8 Å². The van der Waals surface area contributed by atoms with E-state index in [4.69, 9.17) is 5.10 Å². The van der Waals surface area contributed by atoms with Gasteiger partial charge in [-0.3, -0.25) is 9.58 Å². The summed E-state index contributed by atoms with van der Waals surface area (Å²) >= 11 is 0. The summed E-state index contributed by atoms with van der Waals surface area (Å²) in [5.74, 6) is 0. The van der Waals surface area contributed by atoms with Gasteiger partial charge in [0.1, 0.15) is 0 Å². The van der Waals surface area contributed by atoms with Gasteiger partial charge in [0, 0.05) is 31.9 Å². The Kier molecular flexibility index (Phi) is 4.63. The van der Waals surface area contributed by atoms with E-state index in [-0.39, 0.29) is 0 Å². The summed E-state index contributed by atoms with van der Waals surface area (Å²) in [6.45, 7) is 11.2. The van der Waals surface area contributed by atoms with Crippen molar-refractivity contribution in [2.75, 3.05) is 26.7 Å². The van der Waals surface area contributed by atoms with Crippen molar-refractivity contribution in [2.24, 2.45) is 5.41 Å². The molecule has 0 amide bonds. The fourth-order valence-corrected chi connectivity index (χ4v) is 2.96. The highest BCUT2D eigenvalue weighted by atomic mass is 15.3. The van der Waals surface area contributed by atoms with Crippen molar-refractivity contribution in [1.29, 1.82) is 0 Å². The van der Waals surface area contributed by atoms with Crippen molar-refractivity contribution in [3.8, 4) is 0 Å². The van der Waals surface area contributed by atoms with Crippen molar-refractivity contribution in [3.05, 3.63) is 18.0 Å². The summed E-state index contributed by atoms with van der Waals surface area (Å²) in [5.41, 5.74) is 1.63. The molecule has 2 atom stereocenters. The Bertz CT molecular complexity index is 401. The zero-order valence-corrected chi connectivity index (χ0v) is 12.8. The molecule has 1 N–H and O–H groups in total. The van der Waals surface area contributed by atoms with Crippen LogP contribution >= 0.6 is 0 Å². The van der Waals surface area contributed by atoms with E-state index >= 15 is 0 Å². The molecule has 1 aromatic rings. The Balaban J connectivity index is 1.90. The summed E-state index contributed by atoms with van der Waals surface area (Å²) in [6.07, 6.45) is 4.53. The summed E-state index contributed by atoms with van der Waals surface area (Å²) in [6, 6.07) is 2.67. The summed E-state index contributed by atoms with van der Waals surface area (Å²) in [4.78, 5) is 2.53. The van der Waals surface area contributed by atoms with Gasteiger partial charge in [-0.2, -0.15) is 5.10 Å². The molecule has 4 nitrogen and oxygen atoms in total. The summed E-state index contributed by atoms with van der Waals surface area (Å²) in [5, 5.41) is 8.01. The van der Waals surface area contributed by atoms with E-state index in [1.165, 1.54) is 25.2 Å². The SMILES string of the molecule is CCC(C)n1ccc(CN2CCC(C)(CNC)C2)n1. The van der Waals surface area contributed by atoms with Crippen LogP contribution in [-0.2, 0) is 6.54 Å². The third-order valence-electron chi connectivity index (χ3n) is 4.33. The van der Waals surface area contributed by atoms with Gasteiger partial charge >= 0.3 is 0 Å². The lowest BCUT2D eigenvalue weighted by atomic mass is 9.90. The largest absolute Gasteiger partial charge is 0.319 e. The minimum absolute atomic E-state index is 0.425. The van der Waals surface area contributed by atoms with E-state index in [1.807, 2.05) is 7.05 Å². The first-order valence-corrected chi connectivity index (χ1v) is 7.47. The van der Waals surface area contributed by atoms with Crippen molar-refractivity contribution >= 4 is 0 Å². The van der Waals surface area contributed by atoms with Crippen molar-refractivity contribution in [1.82, 2.24) is 20.0 Å². The van der Waals surface area contributed by atoms with Gasteiger partial charge in [0.25, 0.3) is 0 Å². The van der Waals surface area contributed by atoms with Crippen molar-refractivity contribution in [2.45, 2.75) is 46.2 Å². The number of likely N-dealkylation sites (tertiary alicyclic amines) is 1. The standard InChI is InChI=1S/C15H28N4/c1-5-13(2)19-8-6-14(17-19)10-18-9-7-15(3,12-18)11-16-4/h6,8,13,16H,5,7,9-12H2,1-4H3. The van der Waals surface area contributed by atoms with Crippen LogP contribution in [0, 0.1) is 5.41 Å². The number of nitrogens with zero attached hydrogens (tertiary/aromatic N) is 3. The molecule has 0 spiro atoms. The predicted molar refractivity (Wildman–Crippen MR) is 79.2 cm³/mol. The van der Waals surface area contributed by atoms with Crippen molar-refractivity contribution < 1.29 is 0 Å². The highest BCUT2D eigenvalue weighted by molar-refractivity contribution is 5.01. The van der Waals surface area contributed by atoms with Gasteiger partial charge in [-0.25, -0.2) is 0 Å². The first-order chi connectivity index (χ1) is 9.06. The molecule has 0 aliphatic carbocycles. The minimum Gasteiger partial charge on any atom is -0.319 e. The van der Waals surface area contributed by atoms with Gasteiger partial charge in [-0.15, -0.1) is 0 Å². The Morgan fingerprint density at radius 2 is 2.32 bits per heavy atom. The molecule has 1 fully saturated rings. The zero-order valence-electron chi connectivity index (χ0n) is 12.8. The molecule has 2 rings (SSSR count). The molecule has 4 heteroatoms. The highest BCUT2D eigenvalue weighted by Gasteiger charge is 2.33. The molecular weight excluding hydrogens is 236 g/mol. The van der Waals surface area contributed by atoms with Crippen molar-refractivity contribution in [3.63, 3.8) is 0 Å². The zero-order chi connectivity index (χ0) is 13.9. The first-order valence-electron chi connectivity index (χ1n) is 7.47. The molecule has 2 unspecified atom stereocenters.